The molecule has 1 amide bonds. The van der Waals surface area contributed by atoms with Gasteiger partial charge in [-0.15, -0.1) is 0 Å². The fourth-order valence-electron chi connectivity index (χ4n) is 3.57. The van der Waals surface area contributed by atoms with Gasteiger partial charge in [0.1, 0.15) is 18.2 Å². The van der Waals surface area contributed by atoms with Crippen LogP contribution in [0.25, 0.3) is 0 Å². The number of aryl methyl sites for hydroxylation is 2. The number of nitrogens with one attached hydrogen (secondary N) is 1. The van der Waals surface area contributed by atoms with Crippen molar-refractivity contribution in [3.8, 4) is 5.88 Å². The molecule has 4 rings (SSSR count). The SMILES string of the molecule is Cc1cnc(OC[C@@]2(c3ccccc3)C[C@H]2C(=O)Nc2ccc(F)cn2)c(C)n1. The normalized spacial score (nSPS) is 20.2. The minimum Gasteiger partial charge on any atom is -0.475 e. The summed E-state index contributed by atoms with van der Waals surface area (Å²) in [5.74, 6) is -0.0987. The maximum absolute atomic E-state index is 13.1. The maximum atomic E-state index is 13.1. The molecule has 0 saturated heterocycles. The molecule has 0 aliphatic heterocycles. The summed E-state index contributed by atoms with van der Waals surface area (Å²) in [6.45, 7) is 4.03. The Morgan fingerprint density at radius 3 is 2.66 bits per heavy atom. The zero-order chi connectivity index (χ0) is 20.4. The second-order valence-electron chi connectivity index (χ2n) is 7.32. The number of hydrogen-bond acceptors (Lipinski definition) is 5. The number of nitrogens with zero attached hydrogens (tertiary/aromatic N) is 3. The summed E-state index contributed by atoms with van der Waals surface area (Å²) in [5.41, 5.74) is 2.11. The molecule has 0 unspecified atom stereocenters. The first-order valence-electron chi connectivity index (χ1n) is 9.39. The number of aromatic nitrogens is 3. The number of carbonyl (C=O) groups is 1. The third kappa shape index (κ3) is 3.94. The fourth-order valence-corrected chi connectivity index (χ4v) is 3.57. The molecule has 29 heavy (non-hydrogen) atoms. The van der Waals surface area contributed by atoms with Gasteiger partial charge >= 0.3 is 0 Å². The summed E-state index contributed by atoms with van der Waals surface area (Å²) in [4.78, 5) is 25.4. The largest absolute Gasteiger partial charge is 0.475 e. The topological polar surface area (TPSA) is 77.0 Å². The van der Waals surface area contributed by atoms with E-state index in [1.165, 1.54) is 12.1 Å². The van der Waals surface area contributed by atoms with Crippen molar-refractivity contribution in [2.45, 2.75) is 25.7 Å². The van der Waals surface area contributed by atoms with E-state index < -0.39 is 11.2 Å². The predicted octanol–water partition coefficient (Wildman–Crippen LogP) is 3.60. The van der Waals surface area contributed by atoms with E-state index in [1.807, 2.05) is 44.2 Å². The fraction of sp³-hybridized carbons (Fsp3) is 0.273. The standard InChI is InChI=1S/C22H21FN4O2/c1-14-11-25-21(15(2)26-14)29-13-22(16-6-4-3-5-7-16)10-18(22)20(28)27-19-9-8-17(23)12-24-19/h3-9,11-12,18H,10,13H2,1-2H3,(H,24,27,28)/t18-,22+/m0/s1. The van der Waals surface area contributed by atoms with Gasteiger partial charge in [0.05, 0.1) is 29.7 Å². The molecule has 1 aliphatic rings. The minimum atomic E-state index is -0.454. The Morgan fingerprint density at radius 2 is 1.97 bits per heavy atom. The second kappa shape index (κ2) is 7.58. The monoisotopic (exact) mass is 392 g/mol. The highest BCUT2D eigenvalue weighted by atomic mass is 19.1. The number of carbonyl (C=O) groups excluding carboxylic acids is 1. The molecule has 1 aromatic carbocycles. The van der Waals surface area contributed by atoms with Gasteiger partial charge in [0.15, 0.2) is 0 Å². The van der Waals surface area contributed by atoms with Gasteiger partial charge < -0.3 is 10.1 Å². The maximum Gasteiger partial charge on any atom is 0.235 e. The zero-order valence-corrected chi connectivity index (χ0v) is 16.2. The van der Waals surface area contributed by atoms with Crippen LogP contribution >= 0.6 is 0 Å². The van der Waals surface area contributed by atoms with Crippen LogP contribution < -0.4 is 10.1 Å². The number of halogens is 1. The molecule has 2 heterocycles. The lowest BCUT2D eigenvalue weighted by Crippen LogP contribution is -2.27. The lowest BCUT2D eigenvalue weighted by atomic mass is 9.94. The number of rotatable bonds is 6. The molecule has 0 radical (unpaired) electrons. The number of benzene rings is 1. The molecule has 1 aliphatic carbocycles. The smallest absolute Gasteiger partial charge is 0.235 e. The van der Waals surface area contributed by atoms with Gasteiger partial charge in [-0.2, -0.15) is 0 Å². The summed E-state index contributed by atoms with van der Waals surface area (Å²) in [5, 5.41) is 2.77. The van der Waals surface area contributed by atoms with Crippen molar-refractivity contribution < 1.29 is 13.9 Å². The van der Waals surface area contributed by atoms with Crippen LogP contribution in [-0.2, 0) is 10.2 Å². The van der Waals surface area contributed by atoms with E-state index in [1.54, 1.807) is 6.20 Å². The Labute approximate surface area is 168 Å². The highest BCUT2D eigenvalue weighted by molar-refractivity contribution is 5.95. The molecular formula is C22H21FN4O2. The van der Waals surface area contributed by atoms with Crippen LogP contribution in [0.1, 0.15) is 23.4 Å². The van der Waals surface area contributed by atoms with Gasteiger partial charge in [-0.05, 0) is 38.0 Å². The van der Waals surface area contributed by atoms with Crippen LogP contribution in [0.5, 0.6) is 5.88 Å². The first-order valence-corrected chi connectivity index (χ1v) is 9.39. The number of hydrogen-bond donors (Lipinski definition) is 1. The third-order valence-electron chi connectivity index (χ3n) is 5.21. The Hall–Kier alpha value is -3.35. The Kier molecular flexibility index (Phi) is 4.96. The third-order valence-corrected chi connectivity index (χ3v) is 5.21. The molecule has 3 aromatic rings. The van der Waals surface area contributed by atoms with Crippen LogP contribution in [0.2, 0.25) is 0 Å². The highest BCUT2D eigenvalue weighted by Gasteiger charge is 2.60. The van der Waals surface area contributed by atoms with Crippen molar-refractivity contribution in [3.63, 3.8) is 0 Å². The van der Waals surface area contributed by atoms with Crippen LogP contribution in [0.4, 0.5) is 10.2 Å². The molecule has 6 nitrogen and oxygen atoms in total. The Balaban J connectivity index is 1.53. The second-order valence-corrected chi connectivity index (χ2v) is 7.32. The lowest BCUT2D eigenvalue weighted by molar-refractivity contribution is -0.117. The Morgan fingerprint density at radius 1 is 1.17 bits per heavy atom. The quantitative estimate of drug-likeness (QED) is 0.694. The minimum absolute atomic E-state index is 0.164. The molecule has 2 atom stereocenters. The van der Waals surface area contributed by atoms with Crippen molar-refractivity contribution in [1.29, 1.82) is 0 Å². The zero-order valence-electron chi connectivity index (χ0n) is 16.2. The van der Waals surface area contributed by atoms with Gasteiger partial charge in [0.25, 0.3) is 0 Å². The number of ether oxygens (including phenoxy) is 1. The van der Waals surface area contributed by atoms with E-state index in [4.69, 9.17) is 4.74 Å². The number of anilines is 1. The molecule has 1 saturated carbocycles. The van der Waals surface area contributed by atoms with E-state index in [-0.39, 0.29) is 11.8 Å². The average molecular weight is 392 g/mol. The van der Waals surface area contributed by atoms with Crippen molar-refractivity contribution in [2.75, 3.05) is 11.9 Å². The van der Waals surface area contributed by atoms with Gasteiger partial charge in [-0.3, -0.25) is 9.78 Å². The molecule has 148 valence electrons. The first-order chi connectivity index (χ1) is 14.0. The molecule has 1 N–H and O–H groups in total. The molecule has 0 bridgehead atoms. The average Bonchev–Trinajstić information content (AvgIpc) is 3.46. The van der Waals surface area contributed by atoms with Crippen LogP contribution in [-0.4, -0.2) is 27.5 Å². The predicted molar refractivity (Wildman–Crippen MR) is 106 cm³/mol. The molecule has 1 fully saturated rings. The van der Waals surface area contributed by atoms with E-state index in [0.29, 0.717) is 30.4 Å². The van der Waals surface area contributed by atoms with Crippen molar-refractivity contribution in [1.82, 2.24) is 15.0 Å². The molecule has 2 aromatic heterocycles. The van der Waals surface area contributed by atoms with E-state index in [0.717, 1.165) is 17.5 Å². The van der Waals surface area contributed by atoms with E-state index in [9.17, 15) is 9.18 Å². The van der Waals surface area contributed by atoms with Crippen molar-refractivity contribution >= 4 is 11.7 Å². The van der Waals surface area contributed by atoms with Crippen molar-refractivity contribution in [2.24, 2.45) is 5.92 Å². The first kappa shape index (κ1) is 19.0. The number of amides is 1. The summed E-state index contributed by atoms with van der Waals surface area (Å²) in [6, 6.07) is 12.5. The summed E-state index contributed by atoms with van der Waals surface area (Å²) < 4.78 is 19.1. The number of pyridine rings is 1. The van der Waals surface area contributed by atoms with E-state index >= 15 is 0 Å². The summed E-state index contributed by atoms with van der Waals surface area (Å²) >= 11 is 0. The summed E-state index contributed by atoms with van der Waals surface area (Å²) in [6.07, 6.45) is 3.38. The van der Waals surface area contributed by atoms with Crippen molar-refractivity contribution in [3.05, 3.63) is 77.6 Å². The van der Waals surface area contributed by atoms with Crippen LogP contribution in [0.3, 0.4) is 0 Å². The highest BCUT2D eigenvalue weighted by Crippen LogP contribution is 2.55. The van der Waals surface area contributed by atoms with Crippen LogP contribution in [0, 0.1) is 25.6 Å². The molecular weight excluding hydrogens is 371 g/mol. The van der Waals surface area contributed by atoms with E-state index in [2.05, 4.69) is 20.3 Å². The van der Waals surface area contributed by atoms with Crippen LogP contribution in [0.15, 0.2) is 54.9 Å². The van der Waals surface area contributed by atoms with Gasteiger partial charge in [0, 0.05) is 5.41 Å². The molecule has 7 heteroatoms. The van der Waals surface area contributed by atoms with Gasteiger partial charge in [-0.25, -0.2) is 14.4 Å². The lowest BCUT2D eigenvalue weighted by Gasteiger charge is -2.19. The molecule has 0 spiro atoms. The van der Waals surface area contributed by atoms with Gasteiger partial charge in [-0.1, -0.05) is 30.3 Å². The Bertz CT molecular complexity index is 1030. The summed E-state index contributed by atoms with van der Waals surface area (Å²) in [7, 11) is 0. The van der Waals surface area contributed by atoms with Gasteiger partial charge in [0.2, 0.25) is 11.8 Å².